The average molecular weight is 674 g/mol. The number of anilines is 1. The number of halogens is 2. The second-order valence-electron chi connectivity index (χ2n) is 12.8. The number of urea groups is 1. The molecule has 0 radical (unpaired) electrons. The summed E-state index contributed by atoms with van der Waals surface area (Å²) in [5, 5.41) is 27.1. The quantitative estimate of drug-likeness (QED) is 0.359. The van der Waals surface area contributed by atoms with E-state index in [1.165, 1.54) is 4.90 Å². The van der Waals surface area contributed by atoms with Gasteiger partial charge in [-0.1, -0.05) is 41.4 Å². The molecule has 6 rings (SSSR count). The van der Waals surface area contributed by atoms with Crippen LogP contribution in [0, 0.1) is 5.92 Å². The summed E-state index contributed by atoms with van der Waals surface area (Å²) in [6.07, 6.45) is 2.74. The molecule has 2 aromatic rings. The highest BCUT2D eigenvalue weighted by Crippen LogP contribution is 2.36. The third-order valence-corrected chi connectivity index (χ3v) is 10.8. The molecule has 2 aromatic carbocycles. The Morgan fingerprint density at radius 2 is 1.63 bits per heavy atom. The van der Waals surface area contributed by atoms with E-state index < -0.39 is 18.1 Å². The number of phenolic OH excluding ortho intramolecular Hbond substituents is 1. The van der Waals surface area contributed by atoms with Gasteiger partial charge in [-0.3, -0.25) is 9.69 Å². The minimum atomic E-state index is -1.09. The number of aromatic hydroxyl groups is 1. The summed E-state index contributed by atoms with van der Waals surface area (Å²) in [7, 11) is 0. The molecule has 0 saturated carbocycles. The number of hydrogen-bond donors (Lipinski definition) is 4. The molecule has 2 unspecified atom stereocenters. The van der Waals surface area contributed by atoms with Crippen LogP contribution in [0.5, 0.6) is 5.75 Å². The van der Waals surface area contributed by atoms with Crippen LogP contribution in [-0.4, -0.2) is 118 Å². The molecule has 0 bridgehead atoms. The van der Waals surface area contributed by atoms with Gasteiger partial charge in [0.15, 0.2) is 5.75 Å². The van der Waals surface area contributed by atoms with Gasteiger partial charge in [-0.05, 0) is 80.9 Å². The zero-order valence-corrected chi connectivity index (χ0v) is 27.3. The van der Waals surface area contributed by atoms with E-state index in [1.54, 1.807) is 17.0 Å². The second-order valence-corrected chi connectivity index (χ2v) is 13.6. The fourth-order valence-corrected chi connectivity index (χ4v) is 8.24. The first-order chi connectivity index (χ1) is 22.2. The van der Waals surface area contributed by atoms with Crippen molar-refractivity contribution < 1.29 is 24.6 Å². The molecule has 0 aromatic heterocycles. The molecule has 3 atom stereocenters. The van der Waals surface area contributed by atoms with E-state index >= 15 is 0 Å². The number of fused-ring (bicyclic) bond motifs is 1. The monoisotopic (exact) mass is 672 g/mol. The molecule has 4 aliphatic rings. The van der Waals surface area contributed by atoms with Crippen molar-refractivity contribution in [1.29, 1.82) is 0 Å². The van der Waals surface area contributed by atoms with Gasteiger partial charge in [0, 0.05) is 63.1 Å². The molecule has 11 nitrogen and oxygen atoms in total. The molecule has 13 heteroatoms. The third kappa shape index (κ3) is 7.02. The minimum absolute atomic E-state index is 0.0710. The Balaban J connectivity index is 1.26. The van der Waals surface area contributed by atoms with Crippen molar-refractivity contribution in [1.82, 2.24) is 24.9 Å². The topological polar surface area (TPSA) is 129 Å². The number of carbonyl (C=O) groups excluding carboxylic acids is 2. The second kappa shape index (κ2) is 14.3. The van der Waals surface area contributed by atoms with Gasteiger partial charge in [0.1, 0.15) is 0 Å². The maximum Gasteiger partial charge on any atom is 0.407 e. The van der Waals surface area contributed by atoms with Gasteiger partial charge < -0.3 is 35.5 Å². The molecule has 248 valence electrons. The lowest BCUT2D eigenvalue weighted by Crippen LogP contribution is -2.60. The number of piperazine rings is 1. The number of nitrogens with one attached hydrogen (secondary N) is 2. The van der Waals surface area contributed by atoms with Crippen molar-refractivity contribution in [2.24, 2.45) is 5.92 Å². The number of nitrogens with zero attached hydrogens (tertiary/aromatic N) is 4. The number of rotatable bonds is 6. The molecule has 4 N–H and O–H groups in total. The Hall–Kier alpha value is -3.25. The Bertz CT molecular complexity index is 1420. The predicted octanol–water partition coefficient (Wildman–Crippen LogP) is 4.36. The molecule has 3 fully saturated rings. The van der Waals surface area contributed by atoms with Crippen molar-refractivity contribution >= 4 is 46.9 Å². The molecule has 46 heavy (non-hydrogen) atoms. The lowest BCUT2D eigenvalue weighted by Gasteiger charge is -2.46. The van der Waals surface area contributed by atoms with Crippen LogP contribution >= 0.6 is 23.2 Å². The number of benzene rings is 2. The molecule has 4 amide bonds. The van der Waals surface area contributed by atoms with E-state index in [9.17, 15) is 24.6 Å². The number of hydrogen-bond acceptors (Lipinski definition) is 6. The van der Waals surface area contributed by atoms with Gasteiger partial charge in [0.25, 0.3) is 0 Å². The van der Waals surface area contributed by atoms with Crippen LogP contribution < -0.4 is 10.6 Å². The van der Waals surface area contributed by atoms with Crippen LogP contribution in [0.2, 0.25) is 10.0 Å². The average Bonchev–Trinajstić information content (AvgIpc) is 3.24. The van der Waals surface area contributed by atoms with Crippen LogP contribution in [0.15, 0.2) is 36.4 Å². The lowest BCUT2D eigenvalue weighted by atomic mass is 9.82. The van der Waals surface area contributed by atoms with Crippen LogP contribution in [0.1, 0.15) is 36.8 Å². The molecule has 0 spiro atoms. The standard InChI is InChI=1S/C33H42Cl2N6O5/c34-26-18-21(19-27(35)30(26)42)17-25(31(43)39-15-13-38(14-16-39)23-5-9-36-10-6-23)29-20-24(8-12-41(29)33(45)46)40-11-7-22-3-1-2-4-28(22)37-32(40)44/h1-4,18-19,23-25,29,36,42H,5-17,20H2,(H,37,44)(H,45,46)/t24?,25?,29-/m1/s1. The molecular formula is C33H42Cl2N6O5. The predicted molar refractivity (Wildman–Crippen MR) is 177 cm³/mol. The number of phenols is 1. The number of likely N-dealkylation sites (tertiary alicyclic amines) is 1. The number of carbonyl (C=O) groups is 3. The zero-order chi connectivity index (χ0) is 32.4. The normalized spacial score (nSPS) is 23.8. The Morgan fingerprint density at radius 1 is 0.935 bits per heavy atom. The summed E-state index contributed by atoms with van der Waals surface area (Å²) in [4.78, 5) is 48.1. The number of amides is 4. The van der Waals surface area contributed by atoms with E-state index in [-0.39, 0.29) is 46.7 Å². The first kappa shape index (κ1) is 32.7. The van der Waals surface area contributed by atoms with Crippen molar-refractivity contribution in [2.75, 3.05) is 57.7 Å². The summed E-state index contributed by atoms with van der Waals surface area (Å²) >= 11 is 12.6. The smallest absolute Gasteiger partial charge is 0.407 e. The van der Waals surface area contributed by atoms with Crippen molar-refractivity contribution in [2.45, 2.75) is 56.7 Å². The molecular weight excluding hydrogens is 631 g/mol. The van der Waals surface area contributed by atoms with Gasteiger partial charge in [-0.25, -0.2) is 9.59 Å². The van der Waals surface area contributed by atoms with Crippen LogP contribution in [0.4, 0.5) is 15.3 Å². The molecule has 4 heterocycles. The summed E-state index contributed by atoms with van der Waals surface area (Å²) < 4.78 is 0. The first-order valence-electron chi connectivity index (χ1n) is 16.2. The maximum atomic E-state index is 14.5. The minimum Gasteiger partial charge on any atom is -0.505 e. The van der Waals surface area contributed by atoms with Crippen molar-refractivity contribution in [3.05, 3.63) is 57.6 Å². The van der Waals surface area contributed by atoms with Gasteiger partial charge in [-0.2, -0.15) is 0 Å². The zero-order valence-electron chi connectivity index (χ0n) is 25.8. The summed E-state index contributed by atoms with van der Waals surface area (Å²) in [6, 6.07) is 10.3. The van der Waals surface area contributed by atoms with Crippen LogP contribution in [0.3, 0.4) is 0 Å². The van der Waals surface area contributed by atoms with E-state index in [0.29, 0.717) is 50.5 Å². The summed E-state index contributed by atoms with van der Waals surface area (Å²) in [6.45, 7) is 5.35. The first-order valence-corrected chi connectivity index (χ1v) is 17.0. The Kier molecular flexibility index (Phi) is 10.1. The van der Waals surface area contributed by atoms with Gasteiger partial charge in [0.05, 0.1) is 16.0 Å². The Morgan fingerprint density at radius 3 is 2.33 bits per heavy atom. The molecule has 4 aliphatic heterocycles. The highest BCUT2D eigenvalue weighted by Gasteiger charge is 2.44. The fraction of sp³-hybridized carbons (Fsp3) is 0.545. The third-order valence-electron chi connectivity index (χ3n) is 10.2. The largest absolute Gasteiger partial charge is 0.505 e. The SMILES string of the molecule is O=C(C(Cc1cc(Cl)c(O)c(Cl)c1)[C@H]1CC(N2CCc3ccccc3NC2=O)CCN1C(=O)O)N1CCN(C2CCNCC2)CC1. The Labute approximate surface area is 279 Å². The van der Waals surface area contributed by atoms with Gasteiger partial charge in [-0.15, -0.1) is 0 Å². The van der Waals surface area contributed by atoms with Crippen molar-refractivity contribution in [3.63, 3.8) is 0 Å². The van der Waals surface area contributed by atoms with E-state index in [1.807, 2.05) is 29.2 Å². The molecule has 0 aliphatic carbocycles. The summed E-state index contributed by atoms with van der Waals surface area (Å²) in [5.41, 5.74) is 2.47. The van der Waals surface area contributed by atoms with Crippen LogP contribution in [-0.2, 0) is 17.6 Å². The number of para-hydroxylation sites is 1. The lowest BCUT2D eigenvalue weighted by molar-refractivity contribution is -0.140. The van der Waals surface area contributed by atoms with Crippen molar-refractivity contribution in [3.8, 4) is 5.75 Å². The summed E-state index contributed by atoms with van der Waals surface area (Å²) in [5.74, 6) is -1.09. The van der Waals surface area contributed by atoms with E-state index in [0.717, 1.165) is 50.3 Å². The van der Waals surface area contributed by atoms with Crippen LogP contribution in [0.25, 0.3) is 0 Å². The highest BCUT2D eigenvalue weighted by atomic mass is 35.5. The highest BCUT2D eigenvalue weighted by molar-refractivity contribution is 6.37. The van der Waals surface area contributed by atoms with E-state index in [4.69, 9.17) is 23.2 Å². The van der Waals surface area contributed by atoms with E-state index in [2.05, 4.69) is 15.5 Å². The number of piperidine rings is 2. The molecule has 3 saturated heterocycles. The number of carboxylic acid groups (broad SMARTS) is 1. The fourth-order valence-electron chi connectivity index (χ4n) is 7.71. The maximum absolute atomic E-state index is 14.5. The van der Waals surface area contributed by atoms with Gasteiger partial charge >= 0.3 is 12.1 Å². The van der Waals surface area contributed by atoms with Gasteiger partial charge in [0.2, 0.25) is 5.91 Å².